The number of ketones is 1. The van der Waals surface area contributed by atoms with Crippen LogP contribution in [0.5, 0.6) is 11.5 Å². The fraction of sp³-hybridized carbons (Fsp3) is 0.321. The predicted molar refractivity (Wildman–Crippen MR) is 143 cm³/mol. The molecule has 0 radical (unpaired) electrons. The van der Waals surface area contributed by atoms with Crippen molar-refractivity contribution in [2.45, 2.75) is 51.9 Å². The van der Waals surface area contributed by atoms with Gasteiger partial charge in [-0.1, -0.05) is 6.08 Å². The molecule has 2 atom stereocenters. The van der Waals surface area contributed by atoms with Crippen molar-refractivity contribution in [1.29, 1.82) is 0 Å². The molecule has 12 nitrogen and oxygen atoms in total. The molecule has 0 bridgehead atoms. The Morgan fingerprint density at radius 2 is 1.77 bits per heavy atom. The first-order valence-corrected chi connectivity index (χ1v) is 12.6. The molecular weight excluding hydrogens is 520 g/mol. The fourth-order valence-corrected chi connectivity index (χ4v) is 5.00. The molecule has 12 heteroatoms. The molecule has 5 rings (SSSR count). The summed E-state index contributed by atoms with van der Waals surface area (Å²) >= 11 is 0. The van der Waals surface area contributed by atoms with Crippen LogP contribution in [0.25, 0.3) is 5.69 Å². The van der Waals surface area contributed by atoms with Crippen LogP contribution in [0.15, 0.2) is 63.7 Å². The van der Waals surface area contributed by atoms with Crippen LogP contribution in [-0.4, -0.2) is 60.5 Å². The summed E-state index contributed by atoms with van der Waals surface area (Å²) in [7, 11) is 1.32. The molecule has 2 aliphatic rings. The maximum absolute atomic E-state index is 13.8. The van der Waals surface area contributed by atoms with E-state index in [0.29, 0.717) is 22.6 Å². The Bertz CT molecular complexity index is 1710. The molecule has 1 unspecified atom stereocenters. The molecule has 3 aromatic rings. The van der Waals surface area contributed by atoms with Crippen molar-refractivity contribution < 1.29 is 29.0 Å². The van der Waals surface area contributed by atoms with Gasteiger partial charge < -0.3 is 14.6 Å². The molecule has 2 aliphatic heterocycles. The third-order valence-corrected chi connectivity index (χ3v) is 7.39. The summed E-state index contributed by atoms with van der Waals surface area (Å²) in [5.41, 5.74) is 0.209. The third-order valence-electron chi connectivity index (χ3n) is 7.39. The highest BCUT2D eigenvalue weighted by Crippen LogP contribution is 2.47. The number of carboxylic acids is 1. The van der Waals surface area contributed by atoms with Crippen molar-refractivity contribution in [1.82, 2.24) is 18.8 Å². The first kappa shape index (κ1) is 26.7. The minimum Gasteiger partial charge on any atom is -0.483 e. The molecular formula is C28H28N4O8. The molecule has 1 N–H and O–H groups in total. The highest BCUT2D eigenvalue weighted by atomic mass is 16.6. The zero-order valence-electron chi connectivity index (χ0n) is 22.6. The van der Waals surface area contributed by atoms with Crippen molar-refractivity contribution in [3.8, 4) is 17.2 Å². The van der Waals surface area contributed by atoms with Gasteiger partial charge in [-0.2, -0.15) is 0 Å². The second-order valence-corrected chi connectivity index (χ2v) is 10.3. The van der Waals surface area contributed by atoms with Crippen LogP contribution >= 0.6 is 0 Å². The lowest BCUT2D eigenvalue weighted by Gasteiger charge is -2.42. The van der Waals surface area contributed by atoms with E-state index in [0.717, 1.165) is 15.0 Å². The van der Waals surface area contributed by atoms with E-state index in [-0.39, 0.29) is 18.1 Å². The van der Waals surface area contributed by atoms with E-state index in [1.54, 1.807) is 30.3 Å². The molecule has 3 heterocycles. The lowest BCUT2D eigenvalue weighted by atomic mass is 9.83. The van der Waals surface area contributed by atoms with Crippen molar-refractivity contribution in [2.24, 2.45) is 0 Å². The second kappa shape index (κ2) is 9.40. The van der Waals surface area contributed by atoms with Gasteiger partial charge in [0, 0.05) is 24.2 Å². The van der Waals surface area contributed by atoms with Crippen LogP contribution in [0.1, 0.15) is 49.7 Å². The molecule has 208 valence electrons. The van der Waals surface area contributed by atoms with E-state index in [4.69, 9.17) is 9.47 Å². The Morgan fingerprint density at radius 3 is 2.40 bits per heavy atom. The first-order valence-electron chi connectivity index (χ1n) is 12.6. The maximum Gasteiger partial charge on any atom is 0.415 e. The predicted octanol–water partition coefficient (Wildman–Crippen LogP) is 2.61. The number of allylic oxidation sites excluding steroid dienone is 1. The molecule has 40 heavy (non-hydrogen) atoms. The number of aliphatic carboxylic acids is 1. The van der Waals surface area contributed by atoms with E-state index in [1.807, 2.05) is 19.9 Å². The van der Waals surface area contributed by atoms with Gasteiger partial charge in [-0.3, -0.25) is 9.69 Å². The lowest BCUT2D eigenvalue weighted by molar-refractivity contribution is -0.141. The van der Waals surface area contributed by atoms with Crippen LogP contribution in [0.3, 0.4) is 0 Å². The number of benzene rings is 2. The van der Waals surface area contributed by atoms with E-state index >= 15 is 0 Å². The van der Waals surface area contributed by atoms with Gasteiger partial charge in [0.2, 0.25) is 0 Å². The number of hydrogen-bond donors (Lipinski definition) is 1. The topological polar surface area (TPSA) is 142 Å². The van der Waals surface area contributed by atoms with Gasteiger partial charge in [-0.25, -0.2) is 33.1 Å². The Labute approximate surface area is 228 Å². The van der Waals surface area contributed by atoms with Gasteiger partial charge in [-0.05, 0) is 69.7 Å². The van der Waals surface area contributed by atoms with Crippen molar-refractivity contribution >= 4 is 17.8 Å². The smallest absolute Gasteiger partial charge is 0.415 e. The number of ether oxygens (including phenoxy) is 2. The van der Waals surface area contributed by atoms with Crippen LogP contribution in [0, 0.1) is 0 Å². The standard InChI is InChI=1S/C28H28N4O8/c1-15(24(34)35)29(5)27(38)39-19-10-11-20-22(14-19)40-28(3,4)21-12-13-30-25(36)31(26(37)32(30)23(20)21)18-8-6-17(7-9-18)16(2)33/h6-12,14-15,23H,13H2,1-5H3,(H,34,35)/t15-,23?/m0/s1. The van der Waals surface area contributed by atoms with Crippen LogP contribution in [0.2, 0.25) is 0 Å². The second-order valence-electron chi connectivity index (χ2n) is 10.3. The van der Waals surface area contributed by atoms with Crippen LogP contribution in [-0.2, 0) is 11.3 Å². The Hall–Kier alpha value is -4.87. The molecule has 0 fully saturated rings. The summed E-state index contributed by atoms with van der Waals surface area (Å²) in [6, 6.07) is 9.16. The van der Waals surface area contributed by atoms with Gasteiger partial charge in [0.15, 0.2) is 5.78 Å². The monoisotopic (exact) mass is 548 g/mol. The first-order chi connectivity index (χ1) is 18.8. The summed E-state index contributed by atoms with van der Waals surface area (Å²) in [6.45, 7) is 6.63. The minimum atomic E-state index is -1.18. The van der Waals surface area contributed by atoms with Crippen molar-refractivity contribution in [3.05, 3.63) is 86.2 Å². The molecule has 2 aromatic carbocycles. The zero-order valence-corrected chi connectivity index (χ0v) is 22.6. The molecule has 0 aliphatic carbocycles. The molecule has 1 amide bonds. The van der Waals surface area contributed by atoms with Gasteiger partial charge in [0.1, 0.15) is 29.2 Å². The SMILES string of the molecule is CC(=O)c1ccc(-n2c(=O)n3n(c2=O)C2C(=CC3)C(C)(C)Oc3cc(OC(=O)N(C)[C@@H](C)C(=O)O)ccc32)cc1. The number of rotatable bonds is 5. The molecule has 0 saturated carbocycles. The van der Waals surface area contributed by atoms with Gasteiger partial charge >= 0.3 is 23.4 Å². The average molecular weight is 549 g/mol. The Morgan fingerprint density at radius 1 is 1.10 bits per heavy atom. The quantitative estimate of drug-likeness (QED) is 0.379. The number of carbonyl (C=O) groups excluding carboxylic acids is 2. The Kier molecular flexibility index (Phi) is 6.28. The number of amides is 1. The summed E-state index contributed by atoms with van der Waals surface area (Å²) in [5.74, 6) is -0.836. The van der Waals surface area contributed by atoms with E-state index in [1.165, 1.54) is 42.4 Å². The van der Waals surface area contributed by atoms with Crippen LogP contribution in [0.4, 0.5) is 4.79 Å². The van der Waals surface area contributed by atoms with Gasteiger partial charge in [0.25, 0.3) is 0 Å². The zero-order chi connectivity index (χ0) is 29.1. The fourth-order valence-electron chi connectivity index (χ4n) is 5.00. The van der Waals surface area contributed by atoms with E-state index in [9.17, 15) is 29.1 Å². The summed E-state index contributed by atoms with van der Waals surface area (Å²) in [5, 5.41) is 9.18. The number of nitrogens with zero attached hydrogens (tertiary/aromatic N) is 4. The molecule has 0 saturated heterocycles. The number of carboxylic acid groups (broad SMARTS) is 1. The van der Waals surface area contributed by atoms with E-state index < -0.39 is 41.1 Å². The molecule has 0 spiro atoms. The van der Waals surface area contributed by atoms with Crippen LogP contribution < -0.4 is 20.9 Å². The lowest BCUT2D eigenvalue weighted by Crippen LogP contribution is -2.46. The number of fused-ring (bicyclic) bond motifs is 5. The van der Waals surface area contributed by atoms with E-state index in [2.05, 4.69) is 0 Å². The number of aromatic nitrogens is 3. The van der Waals surface area contributed by atoms with Crippen molar-refractivity contribution in [2.75, 3.05) is 7.05 Å². The Balaban J connectivity index is 1.57. The highest BCUT2D eigenvalue weighted by Gasteiger charge is 2.44. The van der Waals surface area contributed by atoms with Crippen molar-refractivity contribution in [3.63, 3.8) is 0 Å². The average Bonchev–Trinajstić information content (AvgIpc) is 3.16. The number of Topliss-reactive ketones (excluding diaryl/α,β-unsaturated/α-hetero) is 1. The summed E-state index contributed by atoms with van der Waals surface area (Å²) in [4.78, 5) is 63.6. The third kappa shape index (κ3) is 4.21. The number of likely N-dealkylation sites (N-methyl/N-ethyl adjacent to an activating group) is 1. The summed E-state index contributed by atoms with van der Waals surface area (Å²) in [6.07, 6.45) is 1.01. The number of hydrogen-bond acceptors (Lipinski definition) is 7. The maximum atomic E-state index is 13.8. The number of carbonyl (C=O) groups is 3. The van der Waals surface area contributed by atoms with Gasteiger partial charge in [0.05, 0.1) is 12.2 Å². The summed E-state index contributed by atoms with van der Waals surface area (Å²) < 4.78 is 15.5. The minimum absolute atomic E-state index is 0.125. The van der Waals surface area contributed by atoms with Gasteiger partial charge in [-0.15, -0.1) is 0 Å². The largest absolute Gasteiger partial charge is 0.483 e. The normalized spacial score (nSPS) is 17.3. The molecule has 1 aromatic heterocycles. The highest BCUT2D eigenvalue weighted by molar-refractivity contribution is 5.94.